The van der Waals surface area contributed by atoms with E-state index >= 15 is 0 Å². The molecule has 2 aliphatic rings. The van der Waals surface area contributed by atoms with E-state index in [1.165, 1.54) is 12.8 Å². The van der Waals surface area contributed by atoms with Crippen LogP contribution in [0.2, 0.25) is 10.0 Å². The molecule has 1 aromatic carbocycles. The Bertz CT molecular complexity index is 895. The summed E-state index contributed by atoms with van der Waals surface area (Å²) >= 11 is 12.0. The lowest BCUT2D eigenvalue weighted by Crippen LogP contribution is -2.50. The highest BCUT2D eigenvalue weighted by atomic mass is 35.5. The van der Waals surface area contributed by atoms with Crippen LogP contribution in [-0.4, -0.2) is 60.2 Å². The van der Waals surface area contributed by atoms with Gasteiger partial charge >= 0.3 is 6.03 Å². The Morgan fingerprint density at radius 1 is 1.00 bits per heavy atom. The number of aromatic nitrogens is 2. The first kappa shape index (κ1) is 21.0. The SMILES string of the molecule is CC1CCN(c2ccnc(N3CCN(C(=O)Nc4ccc(Cl)c(Cl)c4)CC3)n2)CC1. The average molecular weight is 449 g/mol. The number of urea groups is 1. The highest BCUT2D eigenvalue weighted by molar-refractivity contribution is 6.42. The molecule has 2 aliphatic heterocycles. The smallest absolute Gasteiger partial charge is 0.321 e. The summed E-state index contributed by atoms with van der Waals surface area (Å²) in [7, 11) is 0. The largest absolute Gasteiger partial charge is 0.356 e. The predicted octanol–water partition coefficient (Wildman–Crippen LogP) is 4.37. The molecular weight excluding hydrogens is 423 g/mol. The van der Waals surface area contributed by atoms with Crippen LogP contribution >= 0.6 is 23.2 Å². The number of piperidine rings is 1. The molecule has 160 valence electrons. The maximum absolute atomic E-state index is 12.6. The molecule has 30 heavy (non-hydrogen) atoms. The molecule has 0 unspecified atom stereocenters. The third-order valence-corrected chi connectivity index (χ3v) is 6.50. The zero-order chi connectivity index (χ0) is 21.1. The van der Waals surface area contributed by atoms with Gasteiger partial charge in [-0.3, -0.25) is 0 Å². The molecule has 0 atom stereocenters. The van der Waals surface area contributed by atoms with E-state index in [0.29, 0.717) is 41.9 Å². The lowest BCUT2D eigenvalue weighted by atomic mass is 9.99. The summed E-state index contributed by atoms with van der Waals surface area (Å²) in [6, 6.07) is 6.90. The summed E-state index contributed by atoms with van der Waals surface area (Å²) in [6.45, 7) is 6.97. The van der Waals surface area contributed by atoms with E-state index in [0.717, 1.165) is 30.8 Å². The molecule has 2 amide bonds. The molecule has 4 rings (SSSR count). The maximum Gasteiger partial charge on any atom is 0.321 e. The summed E-state index contributed by atoms with van der Waals surface area (Å²) in [5.41, 5.74) is 0.628. The Balaban J connectivity index is 1.33. The number of hydrogen-bond acceptors (Lipinski definition) is 5. The monoisotopic (exact) mass is 448 g/mol. The Morgan fingerprint density at radius 2 is 1.73 bits per heavy atom. The number of benzene rings is 1. The molecule has 0 radical (unpaired) electrons. The van der Waals surface area contributed by atoms with Gasteiger partial charge in [0.2, 0.25) is 5.95 Å². The lowest BCUT2D eigenvalue weighted by Gasteiger charge is -2.35. The van der Waals surface area contributed by atoms with Crippen LogP contribution in [0.25, 0.3) is 0 Å². The van der Waals surface area contributed by atoms with Crippen LogP contribution in [0, 0.1) is 5.92 Å². The molecule has 2 aromatic rings. The fourth-order valence-corrected chi connectivity index (χ4v) is 4.09. The highest BCUT2D eigenvalue weighted by Gasteiger charge is 2.24. The van der Waals surface area contributed by atoms with Gasteiger partial charge in [0.1, 0.15) is 5.82 Å². The molecule has 0 spiro atoms. The van der Waals surface area contributed by atoms with Gasteiger partial charge in [0.25, 0.3) is 0 Å². The molecule has 1 aromatic heterocycles. The Morgan fingerprint density at radius 3 is 2.43 bits per heavy atom. The van der Waals surface area contributed by atoms with Crippen molar-refractivity contribution in [1.29, 1.82) is 0 Å². The van der Waals surface area contributed by atoms with Gasteiger partial charge in [0, 0.05) is 51.2 Å². The average Bonchev–Trinajstić information content (AvgIpc) is 2.77. The van der Waals surface area contributed by atoms with Crippen molar-refractivity contribution in [2.45, 2.75) is 19.8 Å². The first-order chi connectivity index (χ1) is 14.5. The quantitative estimate of drug-likeness (QED) is 0.754. The number of halogens is 2. The molecule has 2 fully saturated rings. The summed E-state index contributed by atoms with van der Waals surface area (Å²) in [5, 5.41) is 3.76. The standard InChI is InChI=1S/C21H26Cl2N6O/c1-15-5-8-27(9-6-15)19-4-7-24-20(26-19)28-10-12-29(13-11-28)21(30)25-16-2-3-17(22)18(23)14-16/h2-4,7,14-15H,5-6,8-13H2,1H3,(H,25,30). The van der Waals surface area contributed by atoms with Crippen LogP contribution in [0.1, 0.15) is 19.8 Å². The van der Waals surface area contributed by atoms with Crippen molar-refractivity contribution in [3.63, 3.8) is 0 Å². The van der Waals surface area contributed by atoms with Gasteiger partial charge in [-0.2, -0.15) is 4.98 Å². The summed E-state index contributed by atoms with van der Waals surface area (Å²) in [6.07, 6.45) is 4.23. The Hall–Kier alpha value is -2.25. The van der Waals surface area contributed by atoms with E-state index in [1.807, 2.05) is 12.3 Å². The van der Waals surface area contributed by atoms with Crippen LogP contribution in [-0.2, 0) is 0 Å². The minimum atomic E-state index is -0.148. The van der Waals surface area contributed by atoms with Crippen LogP contribution < -0.4 is 15.1 Å². The number of carbonyl (C=O) groups is 1. The van der Waals surface area contributed by atoms with Gasteiger partial charge < -0.3 is 20.0 Å². The third-order valence-electron chi connectivity index (χ3n) is 5.76. The van der Waals surface area contributed by atoms with Crippen molar-refractivity contribution in [2.24, 2.45) is 5.92 Å². The van der Waals surface area contributed by atoms with Gasteiger partial charge in [-0.15, -0.1) is 0 Å². The van der Waals surface area contributed by atoms with Crippen LogP contribution in [0.5, 0.6) is 0 Å². The summed E-state index contributed by atoms with van der Waals surface area (Å²) in [4.78, 5) is 28.1. The van der Waals surface area contributed by atoms with Crippen molar-refractivity contribution in [1.82, 2.24) is 14.9 Å². The van der Waals surface area contributed by atoms with Gasteiger partial charge in [0.15, 0.2) is 0 Å². The van der Waals surface area contributed by atoms with E-state index < -0.39 is 0 Å². The summed E-state index contributed by atoms with van der Waals surface area (Å²) < 4.78 is 0. The van der Waals surface area contributed by atoms with Gasteiger partial charge in [-0.1, -0.05) is 30.1 Å². The van der Waals surface area contributed by atoms with Gasteiger partial charge in [-0.05, 0) is 43.0 Å². The third kappa shape index (κ3) is 4.90. The van der Waals surface area contributed by atoms with Gasteiger partial charge in [0.05, 0.1) is 10.0 Å². The Labute approximate surface area is 187 Å². The van der Waals surface area contributed by atoms with E-state index in [9.17, 15) is 4.79 Å². The molecule has 3 heterocycles. The van der Waals surface area contributed by atoms with Crippen LogP contribution in [0.15, 0.2) is 30.5 Å². The number of hydrogen-bond donors (Lipinski definition) is 1. The predicted molar refractivity (Wildman–Crippen MR) is 122 cm³/mol. The first-order valence-electron chi connectivity index (χ1n) is 10.3. The number of amides is 2. The topological polar surface area (TPSA) is 64.6 Å². The fourth-order valence-electron chi connectivity index (χ4n) is 3.79. The number of anilines is 3. The minimum absolute atomic E-state index is 0.148. The minimum Gasteiger partial charge on any atom is -0.356 e. The van der Waals surface area contributed by atoms with E-state index in [1.54, 1.807) is 23.1 Å². The number of rotatable bonds is 3. The molecule has 9 heteroatoms. The zero-order valence-electron chi connectivity index (χ0n) is 17.0. The highest BCUT2D eigenvalue weighted by Crippen LogP contribution is 2.26. The molecule has 0 aliphatic carbocycles. The zero-order valence-corrected chi connectivity index (χ0v) is 18.5. The number of nitrogens with one attached hydrogen (secondary N) is 1. The lowest BCUT2D eigenvalue weighted by molar-refractivity contribution is 0.208. The molecule has 1 N–H and O–H groups in total. The Kier molecular flexibility index (Phi) is 6.49. The molecule has 0 bridgehead atoms. The molecule has 2 saturated heterocycles. The second-order valence-electron chi connectivity index (χ2n) is 7.92. The second kappa shape index (κ2) is 9.27. The number of piperazine rings is 1. The van der Waals surface area contributed by atoms with Crippen LogP contribution in [0.3, 0.4) is 0 Å². The number of carbonyl (C=O) groups excluding carboxylic acids is 1. The molecular formula is C21H26Cl2N6O. The normalized spacial score (nSPS) is 17.9. The van der Waals surface area contributed by atoms with Crippen molar-refractivity contribution in [3.05, 3.63) is 40.5 Å². The second-order valence-corrected chi connectivity index (χ2v) is 8.73. The van der Waals surface area contributed by atoms with Crippen molar-refractivity contribution in [2.75, 3.05) is 54.4 Å². The maximum atomic E-state index is 12.6. The first-order valence-corrected chi connectivity index (χ1v) is 11.1. The van der Waals surface area contributed by atoms with Crippen molar-refractivity contribution in [3.8, 4) is 0 Å². The summed E-state index contributed by atoms with van der Waals surface area (Å²) in [5.74, 6) is 2.51. The van der Waals surface area contributed by atoms with E-state index in [-0.39, 0.29) is 6.03 Å². The van der Waals surface area contributed by atoms with Crippen molar-refractivity contribution >= 4 is 46.7 Å². The number of nitrogens with zero attached hydrogens (tertiary/aromatic N) is 5. The molecule has 0 saturated carbocycles. The van der Waals surface area contributed by atoms with E-state index in [4.69, 9.17) is 28.2 Å². The van der Waals surface area contributed by atoms with Crippen molar-refractivity contribution < 1.29 is 4.79 Å². The van der Waals surface area contributed by atoms with E-state index in [2.05, 4.69) is 27.0 Å². The fraction of sp³-hybridized carbons (Fsp3) is 0.476. The molecule has 7 nitrogen and oxygen atoms in total. The van der Waals surface area contributed by atoms with Crippen LogP contribution in [0.4, 0.5) is 22.2 Å². The van der Waals surface area contributed by atoms with Gasteiger partial charge in [-0.25, -0.2) is 9.78 Å².